The molecule has 0 saturated heterocycles. The van der Waals surface area contributed by atoms with Gasteiger partial charge in [-0.05, 0) is 37.1 Å². The van der Waals surface area contributed by atoms with Crippen molar-refractivity contribution in [3.05, 3.63) is 53.1 Å². The summed E-state index contributed by atoms with van der Waals surface area (Å²) in [5, 5.41) is 10.1. The number of nitrogens with zero attached hydrogens (tertiary/aromatic N) is 2. The summed E-state index contributed by atoms with van der Waals surface area (Å²) < 4.78 is 67.6. The highest BCUT2D eigenvalue weighted by atomic mass is 32.2. The smallest absolute Gasteiger partial charge is 0.386 e. The van der Waals surface area contributed by atoms with Crippen molar-refractivity contribution in [2.75, 3.05) is 17.7 Å². The first-order chi connectivity index (χ1) is 15.2. The van der Waals surface area contributed by atoms with Gasteiger partial charge in [0.2, 0.25) is 5.82 Å². The molecule has 9 nitrogen and oxygen atoms in total. The van der Waals surface area contributed by atoms with Crippen molar-refractivity contribution >= 4 is 27.3 Å². The maximum atomic E-state index is 12.9. The van der Waals surface area contributed by atoms with Crippen molar-refractivity contribution in [3.8, 4) is 0 Å². The van der Waals surface area contributed by atoms with Crippen molar-refractivity contribution < 1.29 is 31.1 Å². The van der Waals surface area contributed by atoms with Gasteiger partial charge in [0.05, 0.1) is 24.5 Å². The molecule has 3 rings (SSSR count). The van der Waals surface area contributed by atoms with Crippen molar-refractivity contribution in [1.82, 2.24) is 9.97 Å². The van der Waals surface area contributed by atoms with Gasteiger partial charge >= 0.3 is 6.18 Å². The maximum absolute atomic E-state index is 12.9. The zero-order valence-electron chi connectivity index (χ0n) is 17.7. The molecule has 1 aromatic heterocycles. The largest absolute Gasteiger partial charge is 0.419 e. The topological polar surface area (TPSA) is 148 Å². The number of nitrogens with two attached hydrogens (primary N) is 1. The van der Waals surface area contributed by atoms with Gasteiger partial charge < -0.3 is 15.8 Å². The molecule has 1 aliphatic heterocycles. The number of hydrogen-bond acceptors (Lipinski definition) is 7. The van der Waals surface area contributed by atoms with Crippen LogP contribution in [0.3, 0.4) is 0 Å². The average molecular weight is 485 g/mol. The molecule has 0 fully saturated rings. The van der Waals surface area contributed by atoms with Crippen LogP contribution in [-0.2, 0) is 27.4 Å². The summed E-state index contributed by atoms with van der Waals surface area (Å²) in [5.41, 5.74) is 6.05. The maximum Gasteiger partial charge on any atom is 0.419 e. The Bertz CT molecular complexity index is 1180. The second kappa shape index (κ2) is 8.71. The van der Waals surface area contributed by atoms with Gasteiger partial charge in [-0.15, -0.1) is 0 Å². The van der Waals surface area contributed by atoms with Crippen LogP contribution in [0.5, 0.6) is 0 Å². The molecule has 0 spiro atoms. The van der Waals surface area contributed by atoms with E-state index in [-0.39, 0.29) is 24.7 Å². The highest BCUT2D eigenvalue weighted by molar-refractivity contribution is 7.93. The molecule has 178 valence electrons. The first kappa shape index (κ1) is 24.6. The molecule has 0 bridgehead atoms. The molecule has 2 aromatic rings. The van der Waals surface area contributed by atoms with Crippen LogP contribution < -0.4 is 11.1 Å². The fourth-order valence-corrected chi connectivity index (χ4v) is 4.70. The third-order valence-electron chi connectivity index (χ3n) is 5.45. The molecule has 0 aliphatic carbocycles. The van der Waals surface area contributed by atoms with Crippen LogP contribution in [0.15, 0.2) is 30.6 Å². The first-order valence-electron chi connectivity index (χ1n) is 9.70. The van der Waals surface area contributed by atoms with E-state index in [1.165, 1.54) is 13.8 Å². The number of ether oxygens (including phenoxy) is 1. The molecule has 0 saturated carbocycles. The van der Waals surface area contributed by atoms with E-state index < -0.39 is 49.8 Å². The number of amides is 1. The number of anilines is 1. The molecule has 33 heavy (non-hydrogen) atoms. The van der Waals surface area contributed by atoms with E-state index in [1.54, 1.807) is 18.2 Å². The summed E-state index contributed by atoms with van der Waals surface area (Å²) in [6, 6.07) is 4.80. The Hall–Kier alpha value is -3.06. The summed E-state index contributed by atoms with van der Waals surface area (Å²) >= 11 is 0. The lowest BCUT2D eigenvalue weighted by Crippen LogP contribution is -2.47. The number of fused-ring (bicyclic) bond motifs is 1. The van der Waals surface area contributed by atoms with E-state index in [9.17, 15) is 26.4 Å². The van der Waals surface area contributed by atoms with Crippen LogP contribution in [0.1, 0.15) is 47.1 Å². The summed E-state index contributed by atoms with van der Waals surface area (Å²) in [6.07, 6.45) is -3.59. The number of amidine groups is 1. The zero-order chi connectivity index (χ0) is 24.6. The Labute approximate surface area is 188 Å². The Morgan fingerprint density at radius 2 is 1.91 bits per heavy atom. The minimum Gasteiger partial charge on any atom is -0.386 e. The predicted molar refractivity (Wildman–Crippen MR) is 114 cm³/mol. The number of halogens is 3. The van der Waals surface area contributed by atoms with Gasteiger partial charge in [-0.1, -0.05) is 6.07 Å². The quantitative estimate of drug-likeness (QED) is 0.420. The Kier molecular flexibility index (Phi) is 6.48. The summed E-state index contributed by atoms with van der Waals surface area (Å²) in [6.45, 7) is 3.07. The molecule has 13 heteroatoms. The van der Waals surface area contributed by atoms with Gasteiger partial charge in [0, 0.05) is 24.0 Å². The number of sulfone groups is 1. The van der Waals surface area contributed by atoms with E-state index in [1.807, 2.05) is 0 Å². The number of carbonyl (C=O) groups is 1. The number of aromatic nitrogens is 2. The predicted octanol–water partition coefficient (Wildman–Crippen LogP) is 2.49. The van der Waals surface area contributed by atoms with Crippen molar-refractivity contribution in [2.45, 2.75) is 37.3 Å². The minimum absolute atomic E-state index is 0.111. The van der Waals surface area contributed by atoms with Crippen molar-refractivity contribution in [2.24, 2.45) is 5.73 Å². The third-order valence-corrected chi connectivity index (χ3v) is 8.07. The zero-order valence-corrected chi connectivity index (χ0v) is 18.5. The van der Waals surface area contributed by atoms with Crippen LogP contribution in [-0.4, -0.2) is 47.2 Å². The monoisotopic (exact) mass is 485 g/mol. The second-order valence-electron chi connectivity index (χ2n) is 8.08. The van der Waals surface area contributed by atoms with Crippen LogP contribution in [0.2, 0.25) is 0 Å². The van der Waals surface area contributed by atoms with Gasteiger partial charge in [0.1, 0.15) is 10.6 Å². The van der Waals surface area contributed by atoms with E-state index >= 15 is 0 Å². The average Bonchev–Trinajstić information content (AvgIpc) is 2.73. The fourth-order valence-electron chi connectivity index (χ4n) is 3.14. The number of rotatable bonds is 6. The van der Waals surface area contributed by atoms with Gasteiger partial charge in [-0.25, -0.2) is 18.4 Å². The van der Waals surface area contributed by atoms with Gasteiger partial charge in [0.15, 0.2) is 9.84 Å². The summed E-state index contributed by atoms with van der Waals surface area (Å²) in [4.78, 5) is 19.3. The molecule has 2 heterocycles. The van der Waals surface area contributed by atoms with E-state index in [4.69, 9.17) is 15.9 Å². The van der Waals surface area contributed by atoms with Crippen LogP contribution >= 0.6 is 0 Å². The summed E-state index contributed by atoms with van der Waals surface area (Å²) in [7, 11) is -3.83. The Balaban J connectivity index is 1.82. The lowest BCUT2D eigenvalue weighted by atomic mass is 9.94. The molecule has 1 atom stereocenters. The molecular weight excluding hydrogens is 463 g/mol. The summed E-state index contributed by atoms with van der Waals surface area (Å²) in [5.74, 6) is -2.65. The Morgan fingerprint density at radius 3 is 2.48 bits per heavy atom. The molecule has 1 unspecified atom stereocenters. The third kappa shape index (κ3) is 5.14. The number of benzene rings is 1. The van der Waals surface area contributed by atoms with Crippen LogP contribution in [0, 0.1) is 5.41 Å². The van der Waals surface area contributed by atoms with Crippen LogP contribution in [0.4, 0.5) is 18.9 Å². The second-order valence-corrected chi connectivity index (χ2v) is 10.7. The van der Waals surface area contributed by atoms with E-state index in [0.717, 1.165) is 5.56 Å². The number of carbonyl (C=O) groups excluding carboxylic acids is 1. The Morgan fingerprint density at radius 1 is 1.27 bits per heavy atom. The molecular formula is C20H22F3N5O4S. The first-order valence-corrected chi connectivity index (χ1v) is 11.4. The van der Waals surface area contributed by atoms with E-state index in [2.05, 4.69) is 15.3 Å². The molecule has 0 radical (unpaired) electrons. The van der Waals surface area contributed by atoms with Crippen LogP contribution in [0.25, 0.3) is 0 Å². The van der Waals surface area contributed by atoms with Gasteiger partial charge in [0.25, 0.3) is 5.91 Å². The SMILES string of the molecule is CC(C)(C(=N)N)S(=O)(=O)CC1COCc2ccc(NC(=O)c3ncc(C(F)(F)F)cn3)cc21. The van der Waals surface area contributed by atoms with Gasteiger partial charge in [-0.2, -0.15) is 13.2 Å². The number of hydrogen-bond donors (Lipinski definition) is 3. The van der Waals surface area contributed by atoms with Gasteiger partial charge in [-0.3, -0.25) is 10.2 Å². The molecule has 1 aromatic carbocycles. The normalized spacial score (nSPS) is 16.7. The highest BCUT2D eigenvalue weighted by Gasteiger charge is 2.40. The lowest BCUT2D eigenvalue weighted by molar-refractivity contribution is -0.138. The van der Waals surface area contributed by atoms with E-state index in [0.29, 0.717) is 18.0 Å². The number of nitrogens with one attached hydrogen (secondary N) is 2. The molecule has 1 aliphatic rings. The molecule has 1 amide bonds. The minimum atomic E-state index is -4.62. The van der Waals surface area contributed by atoms with Crippen molar-refractivity contribution in [3.63, 3.8) is 0 Å². The molecule has 4 N–H and O–H groups in total. The van der Waals surface area contributed by atoms with Crippen molar-refractivity contribution in [1.29, 1.82) is 5.41 Å². The highest BCUT2D eigenvalue weighted by Crippen LogP contribution is 2.33. The lowest BCUT2D eigenvalue weighted by Gasteiger charge is -2.30. The number of alkyl halides is 3. The fraction of sp³-hybridized carbons (Fsp3) is 0.400. The standard InChI is InChI=1S/C20H22F3N5O4S/c1-19(2,18(24)25)33(30,31)10-12-9-32-8-11-3-4-14(5-15(11)12)28-17(29)16-26-6-13(7-27-16)20(21,22)23/h3-7,12H,8-10H2,1-2H3,(H3,24,25)(H,28,29).